The maximum absolute atomic E-state index is 11.5. The number of amides is 1. The number of nitrogen functional groups attached to an aromatic ring is 1. The molecule has 0 aliphatic heterocycles. The summed E-state index contributed by atoms with van der Waals surface area (Å²) >= 11 is 0. The molecule has 0 saturated heterocycles. The van der Waals surface area contributed by atoms with Crippen LogP contribution in [0.4, 0.5) is 5.82 Å². The maximum atomic E-state index is 11.5. The van der Waals surface area contributed by atoms with Gasteiger partial charge in [0.1, 0.15) is 5.82 Å². The van der Waals surface area contributed by atoms with Crippen molar-refractivity contribution in [3.05, 3.63) is 12.0 Å². The van der Waals surface area contributed by atoms with Crippen molar-refractivity contribution >= 4 is 17.7 Å². The van der Waals surface area contributed by atoms with Crippen LogP contribution in [0.3, 0.4) is 0 Å². The van der Waals surface area contributed by atoms with E-state index in [0.717, 1.165) is 12.8 Å². The molecule has 19 heavy (non-hydrogen) atoms. The normalized spacial score (nSPS) is 14.2. The molecule has 7 nitrogen and oxygen atoms in total. The van der Waals surface area contributed by atoms with Crippen LogP contribution in [0.5, 0.6) is 0 Å². The molecule has 1 fully saturated rings. The second-order valence-corrected chi connectivity index (χ2v) is 4.61. The number of rotatable bonds is 6. The molecular weight excluding hydrogens is 248 g/mol. The van der Waals surface area contributed by atoms with Crippen LogP contribution in [-0.4, -0.2) is 34.6 Å². The molecule has 1 amide bonds. The molecule has 1 aromatic heterocycles. The zero-order valence-electron chi connectivity index (χ0n) is 10.9. The Balaban J connectivity index is 1.80. The molecule has 0 bridgehead atoms. The second kappa shape index (κ2) is 5.73. The summed E-state index contributed by atoms with van der Waals surface area (Å²) in [6.45, 7) is 0.550. The summed E-state index contributed by atoms with van der Waals surface area (Å²) < 4.78 is 6.21. The molecule has 0 atom stereocenters. The van der Waals surface area contributed by atoms with E-state index in [1.54, 1.807) is 4.57 Å². The van der Waals surface area contributed by atoms with Gasteiger partial charge in [0.05, 0.1) is 13.4 Å². The third-order valence-corrected chi connectivity index (χ3v) is 3.00. The first-order valence-corrected chi connectivity index (χ1v) is 6.30. The average molecular weight is 266 g/mol. The van der Waals surface area contributed by atoms with Crippen molar-refractivity contribution in [3.8, 4) is 0 Å². The summed E-state index contributed by atoms with van der Waals surface area (Å²) in [4.78, 5) is 26.7. The lowest BCUT2D eigenvalue weighted by atomic mass is 10.3. The minimum atomic E-state index is -0.553. The van der Waals surface area contributed by atoms with Crippen molar-refractivity contribution < 1.29 is 14.3 Å². The van der Waals surface area contributed by atoms with Crippen molar-refractivity contribution in [1.82, 2.24) is 14.9 Å². The number of carbonyl (C=O) groups excluding carboxylic acids is 2. The molecule has 1 saturated carbocycles. The number of methoxy groups -OCH3 is 1. The molecule has 3 N–H and O–H groups in total. The number of carbonyl (C=O) groups is 2. The van der Waals surface area contributed by atoms with Gasteiger partial charge in [-0.1, -0.05) is 0 Å². The van der Waals surface area contributed by atoms with Crippen LogP contribution in [-0.2, 0) is 16.1 Å². The monoisotopic (exact) mass is 266 g/mol. The molecule has 0 spiro atoms. The van der Waals surface area contributed by atoms with Crippen molar-refractivity contribution in [2.24, 2.45) is 0 Å². The smallest absolute Gasteiger partial charge is 0.360 e. The average Bonchev–Trinajstić information content (AvgIpc) is 3.12. The van der Waals surface area contributed by atoms with Gasteiger partial charge < -0.3 is 20.4 Å². The lowest BCUT2D eigenvalue weighted by Gasteiger charge is -2.06. The lowest BCUT2D eigenvalue weighted by Crippen LogP contribution is -2.25. The largest absolute Gasteiger partial charge is 0.464 e. The van der Waals surface area contributed by atoms with E-state index in [4.69, 9.17) is 5.73 Å². The fourth-order valence-corrected chi connectivity index (χ4v) is 1.76. The van der Waals surface area contributed by atoms with E-state index in [2.05, 4.69) is 15.0 Å². The van der Waals surface area contributed by atoms with Gasteiger partial charge in [-0.15, -0.1) is 0 Å². The predicted octanol–water partition coefficient (Wildman–Crippen LogP) is 0.311. The van der Waals surface area contributed by atoms with Gasteiger partial charge in [-0.05, 0) is 19.3 Å². The van der Waals surface area contributed by atoms with E-state index in [0.29, 0.717) is 25.4 Å². The molecule has 2 rings (SSSR count). The number of imidazole rings is 1. The van der Waals surface area contributed by atoms with E-state index in [1.165, 1.54) is 13.4 Å². The molecule has 1 aliphatic carbocycles. The van der Waals surface area contributed by atoms with E-state index < -0.39 is 5.97 Å². The van der Waals surface area contributed by atoms with Crippen LogP contribution in [0, 0.1) is 0 Å². The number of esters is 1. The van der Waals surface area contributed by atoms with Crippen LogP contribution in [0.15, 0.2) is 6.33 Å². The molecule has 1 aromatic rings. The minimum Gasteiger partial charge on any atom is -0.464 e. The van der Waals surface area contributed by atoms with Crippen LogP contribution in [0.2, 0.25) is 0 Å². The fourth-order valence-electron chi connectivity index (χ4n) is 1.76. The van der Waals surface area contributed by atoms with Gasteiger partial charge in [-0.25, -0.2) is 9.78 Å². The number of anilines is 1. The van der Waals surface area contributed by atoms with Gasteiger partial charge in [0.2, 0.25) is 5.91 Å². The van der Waals surface area contributed by atoms with Crippen LogP contribution in [0.25, 0.3) is 0 Å². The zero-order valence-corrected chi connectivity index (χ0v) is 10.9. The Morgan fingerprint density at radius 3 is 2.95 bits per heavy atom. The number of nitrogens with two attached hydrogens (primary N) is 1. The van der Waals surface area contributed by atoms with Crippen LogP contribution in [0.1, 0.15) is 36.2 Å². The number of nitrogens with one attached hydrogen (secondary N) is 1. The Bertz CT molecular complexity index is 479. The van der Waals surface area contributed by atoms with Crippen molar-refractivity contribution in [2.75, 3.05) is 12.8 Å². The summed E-state index contributed by atoms with van der Waals surface area (Å²) in [7, 11) is 1.28. The Morgan fingerprint density at radius 2 is 2.32 bits per heavy atom. The lowest BCUT2D eigenvalue weighted by molar-refractivity contribution is -0.121. The summed E-state index contributed by atoms with van der Waals surface area (Å²) in [5.74, 6) is -0.216. The van der Waals surface area contributed by atoms with Gasteiger partial charge in [0.25, 0.3) is 0 Å². The Hall–Kier alpha value is -2.05. The second-order valence-electron chi connectivity index (χ2n) is 4.61. The summed E-state index contributed by atoms with van der Waals surface area (Å²) in [5, 5.41) is 2.92. The van der Waals surface area contributed by atoms with Crippen molar-refractivity contribution in [2.45, 2.75) is 38.3 Å². The van der Waals surface area contributed by atoms with Gasteiger partial charge in [-0.3, -0.25) is 4.79 Å². The Morgan fingerprint density at radius 1 is 1.58 bits per heavy atom. The van der Waals surface area contributed by atoms with E-state index in [1.807, 2.05) is 0 Å². The minimum absolute atomic E-state index is 0.0642. The standard InChI is InChI=1S/C12H18N4O3/c1-19-12(18)10-11(13)16(7-14-10)6-2-3-9(17)15-8-4-5-8/h7-8H,2-6,13H2,1H3,(H,15,17). The quantitative estimate of drug-likeness (QED) is 0.722. The summed E-state index contributed by atoms with van der Waals surface area (Å²) in [5.41, 5.74) is 5.90. The molecule has 1 heterocycles. The van der Waals surface area contributed by atoms with Crippen LogP contribution < -0.4 is 11.1 Å². The first kappa shape index (κ1) is 13.4. The highest BCUT2D eigenvalue weighted by Gasteiger charge is 2.22. The Labute approximate surface area is 111 Å². The number of aromatic nitrogens is 2. The maximum Gasteiger partial charge on any atom is 0.360 e. The van der Waals surface area contributed by atoms with E-state index in [9.17, 15) is 9.59 Å². The van der Waals surface area contributed by atoms with Crippen LogP contribution >= 0.6 is 0 Å². The third kappa shape index (κ3) is 3.46. The highest BCUT2D eigenvalue weighted by Crippen LogP contribution is 2.19. The summed E-state index contributed by atoms with van der Waals surface area (Å²) in [6, 6.07) is 0.386. The van der Waals surface area contributed by atoms with Gasteiger partial charge >= 0.3 is 5.97 Å². The van der Waals surface area contributed by atoms with E-state index in [-0.39, 0.29) is 17.4 Å². The molecule has 0 unspecified atom stereocenters. The Kier molecular flexibility index (Phi) is 4.03. The van der Waals surface area contributed by atoms with E-state index >= 15 is 0 Å². The molecular formula is C12H18N4O3. The highest BCUT2D eigenvalue weighted by molar-refractivity contribution is 5.92. The van der Waals surface area contributed by atoms with Gasteiger partial charge in [0, 0.05) is 19.0 Å². The molecule has 0 radical (unpaired) electrons. The highest BCUT2D eigenvalue weighted by atomic mass is 16.5. The molecule has 104 valence electrons. The first-order valence-electron chi connectivity index (χ1n) is 6.30. The van der Waals surface area contributed by atoms with Gasteiger partial charge in [0.15, 0.2) is 5.69 Å². The predicted molar refractivity (Wildman–Crippen MR) is 68.4 cm³/mol. The number of aryl methyl sites for hydroxylation is 1. The number of nitrogens with zero attached hydrogens (tertiary/aromatic N) is 2. The number of hydrogen-bond acceptors (Lipinski definition) is 5. The van der Waals surface area contributed by atoms with Crippen molar-refractivity contribution in [3.63, 3.8) is 0 Å². The molecule has 1 aliphatic rings. The zero-order chi connectivity index (χ0) is 13.8. The third-order valence-electron chi connectivity index (χ3n) is 3.00. The topological polar surface area (TPSA) is 99.2 Å². The SMILES string of the molecule is COC(=O)c1ncn(CCCC(=O)NC2CC2)c1N. The van der Waals surface area contributed by atoms with Crippen molar-refractivity contribution in [1.29, 1.82) is 0 Å². The number of hydrogen-bond donors (Lipinski definition) is 2. The summed E-state index contributed by atoms with van der Waals surface area (Å²) in [6.07, 6.45) is 4.76. The van der Waals surface area contributed by atoms with Gasteiger partial charge in [-0.2, -0.15) is 0 Å². The first-order chi connectivity index (χ1) is 9.11. The number of ether oxygens (including phenoxy) is 1. The molecule has 0 aromatic carbocycles. The molecule has 7 heteroatoms. The fraction of sp³-hybridized carbons (Fsp3) is 0.583.